The smallest absolute Gasteiger partial charge is 0.242 e. The molecule has 1 aliphatic heterocycles. The van der Waals surface area contributed by atoms with Crippen molar-refractivity contribution in [1.82, 2.24) is 20.3 Å². The molecule has 1 amide bonds. The van der Waals surface area contributed by atoms with Gasteiger partial charge in [-0.25, -0.2) is 15.0 Å². The van der Waals surface area contributed by atoms with E-state index in [-0.39, 0.29) is 24.4 Å². The largest absolute Gasteiger partial charge is 0.357 e. The molecule has 0 bridgehead atoms. The molecule has 34 heavy (non-hydrogen) atoms. The van der Waals surface area contributed by atoms with Crippen LogP contribution >= 0.6 is 12.4 Å². The lowest BCUT2D eigenvalue weighted by molar-refractivity contribution is -0.121. The number of anilines is 3. The van der Waals surface area contributed by atoms with Gasteiger partial charge < -0.3 is 15.5 Å². The Kier molecular flexibility index (Phi) is 6.94. The summed E-state index contributed by atoms with van der Waals surface area (Å²) in [5.41, 5.74) is 3.53. The first-order valence-electron chi connectivity index (χ1n) is 11.2. The summed E-state index contributed by atoms with van der Waals surface area (Å²) in [6.07, 6.45) is 7.61. The van der Waals surface area contributed by atoms with Crippen molar-refractivity contribution in [3.8, 4) is 17.3 Å². The summed E-state index contributed by atoms with van der Waals surface area (Å²) in [6.45, 7) is 0.822. The minimum atomic E-state index is -0.169. The molecule has 8 nitrogen and oxygen atoms in total. The van der Waals surface area contributed by atoms with Gasteiger partial charge in [0.1, 0.15) is 23.5 Å². The third-order valence-corrected chi connectivity index (χ3v) is 6.18. The van der Waals surface area contributed by atoms with Crippen molar-refractivity contribution in [3.63, 3.8) is 0 Å². The lowest BCUT2D eigenvalue weighted by atomic mass is 10.1. The number of nitrogens with zero attached hydrogens (tertiary/aromatic N) is 5. The minimum absolute atomic E-state index is 0. The quantitative estimate of drug-likeness (QED) is 0.551. The van der Waals surface area contributed by atoms with Crippen LogP contribution in [0.5, 0.6) is 0 Å². The van der Waals surface area contributed by atoms with E-state index < -0.39 is 0 Å². The van der Waals surface area contributed by atoms with Crippen LogP contribution in [-0.4, -0.2) is 40.5 Å². The minimum Gasteiger partial charge on any atom is -0.357 e. The van der Waals surface area contributed by atoms with E-state index in [4.69, 9.17) is 10.2 Å². The number of hydrogen-bond acceptors (Lipinski definition) is 7. The molecule has 1 aliphatic carbocycles. The fraction of sp³-hybridized carbons (Fsp3) is 0.320. The molecule has 0 aromatic carbocycles. The summed E-state index contributed by atoms with van der Waals surface area (Å²) in [5.74, 6) is 2.67. The normalized spacial score (nSPS) is 16.9. The van der Waals surface area contributed by atoms with Crippen LogP contribution < -0.4 is 15.5 Å². The summed E-state index contributed by atoms with van der Waals surface area (Å²) < 4.78 is 0. The van der Waals surface area contributed by atoms with Crippen molar-refractivity contribution in [3.05, 3.63) is 59.9 Å². The molecular weight excluding hydrogens is 450 g/mol. The third-order valence-electron chi connectivity index (χ3n) is 6.18. The fourth-order valence-corrected chi connectivity index (χ4v) is 4.30. The first-order chi connectivity index (χ1) is 16.1. The Morgan fingerprint density at radius 1 is 1.12 bits per heavy atom. The van der Waals surface area contributed by atoms with Crippen molar-refractivity contribution < 1.29 is 4.79 Å². The number of carbonyl (C=O) groups is 1. The van der Waals surface area contributed by atoms with E-state index in [1.807, 2.05) is 18.3 Å². The van der Waals surface area contributed by atoms with Gasteiger partial charge in [0.15, 0.2) is 0 Å². The first-order valence-corrected chi connectivity index (χ1v) is 11.2. The van der Waals surface area contributed by atoms with Crippen LogP contribution in [0.15, 0.2) is 48.8 Å². The summed E-state index contributed by atoms with van der Waals surface area (Å²) in [5, 5.41) is 15.2. The lowest BCUT2D eigenvalue weighted by Crippen LogP contribution is -2.42. The number of likely N-dealkylation sites (N-methyl/N-ethyl adjacent to an activating group) is 1. The Morgan fingerprint density at radius 3 is 2.68 bits per heavy atom. The van der Waals surface area contributed by atoms with E-state index >= 15 is 0 Å². The van der Waals surface area contributed by atoms with Gasteiger partial charge in [-0.1, -0.05) is 0 Å². The van der Waals surface area contributed by atoms with Gasteiger partial charge in [0.2, 0.25) is 5.91 Å². The highest BCUT2D eigenvalue weighted by molar-refractivity contribution is 5.85. The third kappa shape index (κ3) is 4.95. The average Bonchev–Trinajstić information content (AvgIpc) is 3.60. The molecular formula is C25H26ClN7O. The van der Waals surface area contributed by atoms with Gasteiger partial charge in [0.05, 0.1) is 17.3 Å². The average molecular weight is 476 g/mol. The lowest BCUT2D eigenvalue weighted by Gasteiger charge is -2.24. The Labute approximate surface area is 204 Å². The van der Waals surface area contributed by atoms with Crippen molar-refractivity contribution in [1.29, 1.82) is 5.26 Å². The zero-order valence-electron chi connectivity index (χ0n) is 18.9. The van der Waals surface area contributed by atoms with Gasteiger partial charge in [0.25, 0.3) is 0 Å². The highest BCUT2D eigenvalue weighted by Crippen LogP contribution is 2.42. The van der Waals surface area contributed by atoms with Gasteiger partial charge in [-0.15, -0.1) is 12.4 Å². The Bertz CT molecular complexity index is 1220. The molecule has 2 fully saturated rings. The van der Waals surface area contributed by atoms with Crippen LogP contribution in [0.2, 0.25) is 0 Å². The summed E-state index contributed by atoms with van der Waals surface area (Å²) in [6, 6.07) is 13.5. The predicted octanol–water partition coefficient (Wildman–Crippen LogP) is 4.17. The van der Waals surface area contributed by atoms with Crippen LogP contribution in [0, 0.1) is 11.3 Å². The monoisotopic (exact) mass is 475 g/mol. The van der Waals surface area contributed by atoms with Crippen LogP contribution in [0.1, 0.15) is 42.7 Å². The van der Waals surface area contributed by atoms with Crippen LogP contribution in [-0.2, 0) is 4.79 Å². The van der Waals surface area contributed by atoms with Crippen molar-refractivity contribution in [2.24, 2.45) is 0 Å². The first kappa shape index (κ1) is 23.5. The van der Waals surface area contributed by atoms with Crippen LogP contribution in [0.25, 0.3) is 11.3 Å². The SMILES string of the molecule is CNC(=O)C1CCCN1c1ccc(-c2cc(C3CC3)cc(Nc3cc(C#N)ccn3)n2)cn1.Cl. The molecule has 0 spiro atoms. The number of nitrogens with one attached hydrogen (secondary N) is 2. The zero-order chi connectivity index (χ0) is 22.8. The van der Waals surface area contributed by atoms with E-state index in [1.165, 1.54) is 18.4 Å². The molecule has 5 rings (SSSR count). The summed E-state index contributed by atoms with van der Waals surface area (Å²) in [4.78, 5) is 28.0. The van der Waals surface area contributed by atoms with Gasteiger partial charge >= 0.3 is 0 Å². The van der Waals surface area contributed by atoms with E-state index in [1.54, 1.807) is 25.4 Å². The zero-order valence-corrected chi connectivity index (χ0v) is 19.7. The van der Waals surface area contributed by atoms with Crippen molar-refractivity contribution in [2.75, 3.05) is 23.8 Å². The predicted molar refractivity (Wildman–Crippen MR) is 133 cm³/mol. The molecule has 1 saturated carbocycles. The maximum Gasteiger partial charge on any atom is 0.242 e. The molecule has 1 saturated heterocycles. The number of nitriles is 1. The molecule has 9 heteroatoms. The highest BCUT2D eigenvalue weighted by Gasteiger charge is 2.31. The van der Waals surface area contributed by atoms with Gasteiger partial charge in [0, 0.05) is 31.5 Å². The highest BCUT2D eigenvalue weighted by atomic mass is 35.5. The number of rotatable bonds is 6. The van der Waals surface area contributed by atoms with E-state index in [9.17, 15) is 4.79 Å². The number of amides is 1. The maximum absolute atomic E-state index is 12.2. The second kappa shape index (κ2) is 10.1. The topological polar surface area (TPSA) is 107 Å². The van der Waals surface area contributed by atoms with Crippen LogP contribution in [0.4, 0.5) is 17.5 Å². The van der Waals surface area contributed by atoms with E-state index in [0.717, 1.165) is 36.5 Å². The Morgan fingerprint density at radius 2 is 1.97 bits per heavy atom. The summed E-state index contributed by atoms with van der Waals surface area (Å²) >= 11 is 0. The number of carbonyl (C=O) groups excluding carboxylic acids is 1. The van der Waals surface area contributed by atoms with Gasteiger partial charge in [-0.3, -0.25) is 4.79 Å². The molecule has 2 aliphatic rings. The second-order valence-corrected chi connectivity index (χ2v) is 8.48. The number of pyridine rings is 3. The number of aromatic nitrogens is 3. The standard InChI is InChI=1S/C25H25N7O.ClH/c1-27-25(33)21-3-2-10-32(21)24-7-6-18(15-29-24)20-12-19(17-4-5-17)13-23(30-20)31-22-11-16(14-26)8-9-28-22;/h6-9,11-13,15,17,21H,2-5,10H2,1H3,(H,27,33)(H,28,30,31);1H. The van der Waals surface area contributed by atoms with Crippen molar-refractivity contribution >= 4 is 35.8 Å². The molecule has 4 heterocycles. The summed E-state index contributed by atoms with van der Waals surface area (Å²) in [7, 11) is 1.67. The molecule has 1 atom stereocenters. The Hall–Kier alpha value is -3.70. The van der Waals surface area contributed by atoms with E-state index in [0.29, 0.717) is 23.1 Å². The molecule has 1 unspecified atom stereocenters. The van der Waals surface area contributed by atoms with Crippen LogP contribution in [0.3, 0.4) is 0 Å². The number of halogens is 1. The van der Waals surface area contributed by atoms with Crippen molar-refractivity contribution in [2.45, 2.75) is 37.6 Å². The van der Waals surface area contributed by atoms with Gasteiger partial charge in [-0.05, 0) is 73.6 Å². The molecule has 3 aromatic heterocycles. The second-order valence-electron chi connectivity index (χ2n) is 8.48. The van der Waals surface area contributed by atoms with E-state index in [2.05, 4.69) is 43.7 Å². The molecule has 3 aromatic rings. The maximum atomic E-state index is 12.2. The fourth-order valence-electron chi connectivity index (χ4n) is 4.30. The number of hydrogen-bond donors (Lipinski definition) is 2. The molecule has 174 valence electrons. The van der Waals surface area contributed by atoms with Gasteiger partial charge in [-0.2, -0.15) is 5.26 Å². The molecule has 2 N–H and O–H groups in total. The Balaban J connectivity index is 0.00000274. The molecule has 0 radical (unpaired) electrons.